The Labute approximate surface area is 178 Å². The van der Waals surface area contributed by atoms with E-state index < -0.39 is 0 Å². The topological polar surface area (TPSA) is 103 Å². The molecule has 31 heavy (non-hydrogen) atoms. The van der Waals surface area contributed by atoms with Crippen LogP contribution in [0.4, 0.5) is 5.69 Å². The van der Waals surface area contributed by atoms with E-state index in [0.29, 0.717) is 11.9 Å². The van der Waals surface area contributed by atoms with Crippen molar-refractivity contribution in [3.05, 3.63) is 81.8 Å². The van der Waals surface area contributed by atoms with Crippen LogP contribution in [0.5, 0.6) is 0 Å². The van der Waals surface area contributed by atoms with Gasteiger partial charge in [0, 0.05) is 30.1 Å². The number of aromatic nitrogens is 5. The monoisotopic (exact) mass is 413 g/mol. The van der Waals surface area contributed by atoms with Gasteiger partial charge in [0.1, 0.15) is 12.2 Å². The predicted molar refractivity (Wildman–Crippen MR) is 118 cm³/mol. The number of benzene rings is 2. The Morgan fingerprint density at radius 3 is 2.68 bits per heavy atom. The number of nitrogens with zero attached hydrogens (tertiary/aromatic N) is 4. The van der Waals surface area contributed by atoms with Crippen LogP contribution in [0, 0.1) is 0 Å². The fourth-order valence-corrected chi connectivity index (χ4v) is 4.81. The lowest BCUT2D eigenvalue weighted by Gasteiger charge is -2.31. The van der Waals surface area contributed by atoms with E-state index in [9.17, 15) is 4.79 Å². The van der Waals surface area contributed by atoms with Gasteiger partial charge in [0.15, 0.2) is 0 Å². The van der Waals surface area contributed by atoms with Gasteiger partial charge in [0.2, 0.25) is 0 Å². The molecule has 1 fully saturated rings. The Kier molecular flexibility index (Phi) is 4.31. The standard InChI is InChI=1S/C23H23N7O/c31-23-16-3-1-4-18-19(16)21(27-29-23)20(22-25-13-26-28-22)17(11-24-18)15-7-5-14(6-8-15)12-30-9-2-10-30/h1,3-8,13,17,20,24H,2,9-12H2,(H,29,31)(H,25,26,28). The largest absolute Gasteiger partial charge is 0.384 e. The molecular weight excluding hydrogens is 390 g/mol. The fourth-order valence-electron chi connectivity index (χ4n) is 4.81. The van der Waals surface area contributed by atoms with E-state index in [1.165, 1.54) is 37.0 Å². The molecule has 6 rings (SSSR count). The first-order valence-corrected chi connectivity index (χ1v) is 10.7. The van der Waals surface area contributed by atoms with Gasteiger partial charge in [-0.3, -0.25) is 14.8 Å². The zero-order chi connectivity index (χ0) is 20.8. The predicted octanol–water partition coefficient (Wildman–Crippen LogP) is 2.59. The number of anilines is 1. The Hall–Kier alpha value is -3.52. The second-order valence-corrected chi connectivity index (χ2v) is 8.37. The molecule has 0 spiro atoms. The smallest absolute Gasteiger partial charge is 0.272 e. The maximum absolute atomic E-state index is 12.4. The first-order valence-electron chi connectivity index (χ1n) is 10.7. The minimum absolute atomic E-state index is 0.0695. The minimum atomic E-state index is -0.187. The molecule has 2 atom stereocenters. The van der Waals surface area contributed by atoms with Crippen LogP contribution in [0.2, 0.25) is 0 Å². The highest BCUT2D eigenvalue weighted by Gasteiger charge is 2.35. The van der Waals surface area contributed by atoms with Gasteiger partial charge in [-0.1, -0.05) is 30.3 Å². The number of hydrogen-bond donors (Lipinski definition) is 3. The van der Waals surface area contributed by atoms with Gasteiger partial charge in [0.25, 0.3) is 5.56 Å². The molecule has 4 aromatic rings. The van der Waals surface area contributed by atoms with Crippen LogP contribution in [-0.4, -0.2) is 49.9 Å². The number of nitrogens with one attached hydrogen (secondary N) is 3. The molecule has 4 heterocycles. The quantitative estimate of drug-likeness (QED) is 0.475. The molecule has 8 nitrogen and oxygen atoms in total. The summed E-state index contributed by atoms with van der Waals surface area (Å²) in [5, 5.41) is 19.4. The van der Waals surface area contributed by atoms with Crippen molar-refractivity contribution in [1.29, 1.82) is 0 Å². The highest BCUT2D eigenvalue weighted by molar-refractivity contribution is 5.96. The molecule has 2 unspecified atom stereocenters. The zero-order valence-corrected chi connectivity index (χ0v) is 17.0. The summed E-state index contributed by atoms with van der Waals surface area (Å²) in [4.78, 5) is 19.4. The third-order valence-electron chi connectivity index (χ3n) is 6.54. The molecular formula is C23H23N7O. The summed E-state index contributed by atoms with van der Waals surface area (Å²) in [7, 11) is 0. The van der Waals surface area contributed by atoms with Crippen molar-refractivity contribution in [1.82, 2.24) is 30.3 Å². The van der Waals surface area contributed by atoms with Crippen LogP contribution >= 0.6 is 0 Å². The van der Waals surface area contributed by atoms with E-state index in [1.807, 2.05) is 18.2 Å². The molecule has 2 aromatic heterocycles. The SMILES string of the molecule is O=c1[nH]nc2c3c(cccc13)NCC(c1ccc(CN3CCC3)cc1)C2c1ncn[nH]1. The zero-order valence-electron chi connectivity index (χ0n) is 17.0. The van der Waals surface area contributed by atoms with Crippen molar-refractivity contribution in [2.45, 2.75) is 24.8 Å². The minimum Gasteiger partial charge on any atom is -0.384 e. The lowest BCUT2D eigenvalue weighted by atomic mass is 9.82. The summed E-state index contributed by atoms with van der Waals surface area (Å²) in [6.07, 6.45) is 2.82. The molecule has 0 saturated carbocycles. The van der Waals surface area contributed by atoms with Gasteiger partial charge in [0.05, 0.1) is 17.0 Å². The number of H-pyrrole nitrogens is 2. The molecule has 1 saturated heterocycles. The molecule has 2 aliphatic rings. The highest BCUT2D eigenvalue weighted by Crippen LogP contribution is 2.42. The second kappa shape index (κ2) is 7.31. The lowest BCUT2D eigenvalue weighted by Crippen LogP contribution is -2.36. The Bertz CT molecular complexity index is 1280. The maximum atomic E-state index is 12.4. The Morgan fingerprint density at radius 1 is 1.06 bits per heavy atom. The summed E-state index contributed by atoms with van der Waals surface area (Å²) in [5.41, 5.74) is 4.07. The van der Waals surface area contributed by atoms with Gasteiger partial charge in [-0.15, -0.1) is 0 Å². The maximum Gasteiger partial charge on any atom is 0.272 e. The van der Waals surface area contributed by atoms with Crippen molar-refractivity contribution in [3.63, 3.8) is 0 Å². The van der Waals surface area contributed by atoms with Gasteiger partial charge in [-0.05, 0) is 42.8 Å². The van der Waals surface area contributed by atoms with Crippen molar-refractivity contribution in [2.75, 3.05) is 25.0 Å². The van der Waals surface area contributed by atoms with Gasteiger partial charge >= 0.3 is 0 Å². The van der Waals surface area contributed by atoms with Crippen molar-refractivity contribution < 1.29 is 0 Å². The van der Waals surface area contributed by atoms with Crippen molar-refractivity contribution in [3.8, 4) is 0 Å². The van der Waals surface area contributed by atoms with E-state index in [2.05, 4.69) is 59.9 Å². The van der Waals surface area contributed by atoms with E-state index in [0.717, 1.165) is 29.1 Å². The average molecular weight is 413 g/mol. The third-order valence-corrected chi connectivity index (χ3v) is 6.54. The number of likely N-dealkylation sites (tertiary alicyclic amines) is 1. The number of aromatic amines is 2. The van der Waals surface area contributed by atoms with Crippen molar-refractivity contribution >= 4 is 16.5 Å². The summed E-state index contributed by atoms with van der Waals surface area (Å²) in [5.74, 6) is 0.647. The van der Waals surface area contributed by atoms with Gasteiger partial charge in [-0.25, -0.2) is 10.1 Å². The summed E-state index contributed by atoms with van der Waals surface area (Å²) >= 11 is 0. The number of hydrogen-bond acceptors (Lipinski definition) is 6. The Balaban J connectivity index is 1.46. The fraction of sp³-hybridized carbons (Fsp3) is 0.304. The van der Waals surface area contributed by atoms with E-state index in [-0.39, 0.29) is 17.4 Å². The highest BCUT2D eigenvalue weighted by atomic mass is 16.1. The normalized spacial score (nSPS) is 20.8. The van der Waals surface area contributed by atoms with Gasteiger partial charge in [-0.2, -0.15) is 10.2 Å². The van der Waals surface area contributed by atoms with Crippen molar-refractivity contribution in [2.24, 2.45) is 0 Å². The molecule has 2 aliphatic heterocycles. The first-order chi connectivity index (χ1) is 15.3. The lowest BCUT2D eigenvalue weighted by molar-refractivity contribution is 0.172. The molecule has 156 valence electrons. The average Bonchev–Trinajstić information content (AvgIpc) is 3.24. The first kappa shape index (κ1) is 18.3. The van der Waals surface area contributed by atoms with Crippen LogP contribution in [0.25, 0.3) is 10.8 Å². The molecule has 3 N–H and O–H groups in total. The van der Waals surface area contributed by atoms with Crippen LogP contribution in [0.1, 0.15) is 40.9 Å². The van der Waals surface area contributed by atoms with Crippen LogP contribution in [0.15, 0.2) is 53.6 Å². The molecule has 0 bridgehead atoms. The molecule has 0 amide bonds. The van der Waals surface area contributed by atoms with E-state index in [4.69, 9.17) is 0 Å². The number of rotatable bonds is 4. The third kappa shape index (κ3) is 3.11. The second-order valence-electron chi connectivity index (χ2n) is 8.37. The molecule has 0 radical (unpaired) electrons. The summed E-state index contributed by atoms with van der Waals surface area (Å²) in [6.45, 7) is 4.07. The Morgan fingerprint density at radius 2 is 1.94 bits per heavy atom. The van der Waals surface area contributed by atoms with Crippen LogP contribution in [0.3, 0.4) is 0 Å². The molecule has 0 aliphatic carbocycles. The van der Waals surface area contributed by atoms with Crippen LogP contribution < -0.4 is 10.9 Å². The molecule has 8 heteroatoms. The van der Waals surface area contributed by atoms with Crippen LogP contribution in [-0.2, 0) is 6.54 Å². The van der Waals surface area contributed by atoms with E-state index in [1.54, 1.807) is 0 Å². The summed E-state index contributed by atoms with van der Waals surface area (Å²) < 4.78 is 0. The van der Waals surface area contributed by atoms with Gasteiger partial charge < -0.3 is 5.32 Å². The molecule has 2 aromatic carbocycles. The summed E-state index contributed by atoms with van der Waals surface area (Å²) in [6, 6.07) is 14.6. The van der Waals surface area contributed by atoms with E-state index >= 15 is 0 Å².